The van der Waals surface area contributed by atoms with E-state index < -0.39 is 0 Å². The maximum Gasteiger partial charge on any atom is 0.255 e. The molecular weight excluding hydrogens is 470 g/mol. The van der Waals surface area contributed by atoms with E-state index in [4.69, 9.17) is 25.8 Å². The molecule has 9 heteroatoms. The minimum absolute atomic E-state index is 0.142. The second-order valence-corrected chi connectivity index (χ2v) is 8.32. The minimum atomic E-state index is -0.321. The Bertz CT molecular complexity index is 1010. The summed E-state index contributed by atoms with van der Waals surface area (Å²) in [5.74, 6) is 1.21. The first kappa shape index (κ1) is 26.5. The molecule has 0 spiro atoms. The number of piperazine rings is 1. The quantitative estimate of drug-likeness (QED) is 0.499. The number of hydrogen-bond donors (Lipinski definition) is 1. The molecule has 1 heterocycles. The number of rotatable bonds is 10. The number of ether oxygens (including phenoxy) is 3. The van der Waals surface area contributed by atoms with Gasteiger partial charge in [-0.25, -0.2) is 0 Å². The number of para-hydroxylation sites is 1. The molecule has 2 aromatic rings. The molecule has 0 aliphatic carbocycles. The number of halogens is 1. The molecule has 0 unspecified atom stereocenters. The van der Waals surface area contributed by atoms with E-state index >= 15 is 0 Å². The van der Waals surface area contributed by atoms with Gasteiger partial charge in [-0.1, -0.05) is 24.6 Å². The van der Waals surface area contributed by atoms with Crippen molar-refractivity contribution in [2.24, 2.45) is 0 Å². The number of amides is 2. The zero-order valence-electron chi connectivity index (χ0n) is 20.9. The van der Waals surface area contributed by atoms with Crippen LogP contribution in [0.2, 0.25) is 5.02 Å². The van der Waals surface area contributed by atoms with Crippen LogP contribution in [0.1, 0.15) is 44.5 Å². The van der Waals surface area contributed by atoms with Crippen LogP contribution < -0.4 is 24.4 Å². The summed E-state index contributed by atoms with van der Waals surface area (Å²) in [6.07, 6.45) is 0.489. The van der Waals surface area contributed by atoms with Crippen LogP contribution in [0.3, 0.4) is 0 Å². The standard InChI is InChI=1S/C26H34ClN3O5/c1-5-23(31)29-12-14-30(15-13-29)24-19(27)10-9-11-20(24)28-26(32)18-16-21(33-6-2)25(35-8-4)22(17-18)34-7-3/h9-11,16-17H,5-8,12-15H2,1-4H3,(H,28,32). The summed E-state index contributed by atoms with van der Waals surface area (Å²) in [6, 6.07) is 8.74. The smallest absolute Gasteiger partial charge is 0.255 e. The van der Waals surface area contributed by atoms with Crippen molar-refractivity contribution in [1.29, 1.82) is 0 Å². The van der Waals surface area contributed by atoms with E-state index in [-0.39, 0.29) is 11.8 Å². The van der Waals surface area contributed by atoms with Crippen molar-refractivity contribution in [2.45, 2.75) is 34.1 Å². The maximum absolute atomic E-state index is 13.3. The number of carbonyl (C=O) groups is 2. The Kier molecular flexibility index (Phi) is 9.48. The highest BCUT2D eigenvalue weighted by Crippen LogP contribution is 2.40. The topological polar surface area (TPSA) is 80.3 Å². The van der Waals surface area contributed by atoms with E-state index in [9.17, 15) is 9.59 Å². The molecule has 0 saturated carbocycles. The first-order valence-electron chi connectivity index (χ1n) is 12.1. The van der Waals surface area contributed by atoms with Gasteiger partial charge in [-0.3, -0.25) is 9.59 Å². The molecule has 0 radical (unpaired) electrons. The average molecular weight is 504 g/mol. The van der Waals surface area contributed by atoms with E-state index in [0.717, 1.165) is 5.69 Å². The summed E-state index contributed by atoms with van der Waals surface area (Å²) in [5, 5.41) is 3.54. The molecule has 8 nitrogen and oxygen atoms in total. The molecular formula is C26H34ClN3O5. The van der Waals surface area contributed by atoms with Gasteiger partial charge in [0.2, 0.25) is 11.7 Å². The summed E-state index contributed by atoms with van der Waals surface area (Å²) in [4.78, 5) is 29.4. The predicted octanol–water partition coefficient (Wildman–Crippen LogP) is 4.85. The molecule has 0 aromatic heterocycles. The normalized spacial score (nSPS) is 13.4. The lowest BCUT2D eigenvalue weighted by molar-refractivity contribution is -0.131. The maximum atomic E-state index is 13.3. The van der Waals surface area contributed by atoms with Gasteiger partial charge in [0.25, 0.3) is 5.91 Å². The lowest BCUT2D eigenvalue weighted by atomic mass is 10.1. The van der Waals surface area contributed by atoms with Crippen LogP contribution in [-0.4, -0.2) is 62.7 Å². The summed E-state index contributed by atoms with van der Waals surface area (Å²) in [5.41, 5.74) is 1.72. The lowest BCUT2D eigenvalue weighted by Gasteiger charge is -2.37. The predicted molar refractivity (Wildman–Crippen MR) is 138 cm³/mol. The van der Waals surface area contributed by atoms with Gasteiger partial charge in [-0.05, 0) is 45.0 Å². The van der Waals surface area contributed by atoms with Gasteiger partial charge in [0, 0.05) is 38.2 Å². The van der Waals surface area contributed by atoms with E-state index in [0.29, 0.717) is 85.9 Å². The Hall–Kier alpha value is -3.13. The average Bonchev–Trinajstić information content (AvgIpc) is 2.86. The molecule has 0 atom stereocenters. The monoisotopic (exact) mass is 503 g/mol. The fraction of sp³-hybridized carbons (Fsp3) is 0.462. The molecule has 3 rings (SSSR count). The third-order valence-electron chi connectivity index (χ3n) is 5.66. The molecule has 1 N–H and O–H groups in total. The number of anilines is 2. The van der Waals surface area contributed by atoms with Crippen molar-refractivity contribution in [1.82, 2.24) is 4.90 Å². The van der Waals surface area contributed by atoms with Gasteiger partial charge < -0.3 is 29.3 Å². The molecule has 1 aliphatic rings. The fourth-order valence-corrected chi connectivity index (χ4v) is 4.35. The zero-order valence-corrected chi connectivity index (χ0v) is 21.6. The van der Waals surface area contributed by atoms with Crippen molar-refractivity contribution in [3.8, 4) is 17.2 Å². The van der Waals surface area contributed by atoms with Gasteiger partial charge in [0.05, 0.1) is 36.2 Å². The van der Waals surface area contributed by atoms with Gasteiger partial charge >= 0.3 is 0 Å². The fourth-order valence-electron chi connectivity index (χ4n) is 4.05. The number of carbonyl (C=O) groups excluding carboxylic acids is 2. The van der Waals surface area contributed by atoms with Crippen molar-refractivity contribution in [3.63, 3.8) is 0 Å². The first-order valence-corrected chi connectivity index (χ1v) is 12.5. The zero-order chi connectivity index (χ0) is 25.4. The number of nitrogens with zero attached hydrogens (tertiary/aromatic N) is 2. The number of benzene rings is 2. The first-order chi connectivity index (χ1) is 16.9. The Morgan fingerprint density at radius 3 is 2.06 bits per heavy atom. The highest BCUT2D eigenvalue weighted by atomic mass is 35.5. The second-order valence-electron chi connectivity index (χ2n) is 7.91. The Morgan fingerprint density at radius 2 is 1.51 bits per heavy atom. The van der Waals surface area contributed by atoms with Crippen LogP contribution in [0.15, 0.2) is 30.3 Å². The molecule has 35 heavy (non-hydrogen) atoms. The second kappa shape index (κ2) is 12.5. The Morgan fingerprint density at radius 1 is 0.914 bits per heavy atom. The van der Waals surface area contributed by atoms with Crippen LogP contribution in [0, 0.1) is 0 Å². The van der Waals surface area contributed by atoms with Crippen molar-refractivity contribution < 1.29 is 23.8 Å². The summed E-state index contributed by atoms with van der Waals surface area (Å²) in [6.45, 7) is 11.2. The highest BCUT2D eigenvalue weighted by molar-refractivity contribution is 6.34. The van der Waals surface area contributed by atoms with E-state index in [1.165, 1.54) is 0 Å². The molecule has 1 saturated heterocycles. The number of nitrogens with one attached hydrogen (secondary N) is 1. The third kappa shape index (κ3) is 6.31. The molecule has 1 fully saturated rings. The minimum Gasteiger partial charge on any atom is -0.490 e. The molecule has 0 bridgehead atoms. The van der Waals surface area contributed by atoms with Crippen molar-refractivity contribution >= 4 is 34.8 Å². The molecule has 1 aliphatic heterocycles. The van der Waals surface area contributed by atoms with E-state index in [1.54, 1.807) is 24.3 Å². The van der Waals surface area contributed by atoms with Crippen LogP contribution in [0.5, 0.6) is 17.2 Å². The van der Waals surface area contributed by atoms with E-state index in [1.807, 2.05) is 38.7 Å². The summed E-state index contributed by atoms with van der Waals surface area (Å²) in [7, 11) is 0. The summed E-state index contributed by atoms with van der Waals surface area (Å²) < 4.78 is 17.2. The largest absolute Gasteiger partial charge is 0.490 e. The van der Waals surface area contributed by atoms with Crippen molar-refractivity contribution in [3.05, 3.63) is 40.9 Å². The Labute approximate surface area is 212 Å². The van der Waals surface area contributed by atoms with Gasteiger partial charge in [-0.2, -0.15) is 0 Å². The van der Waals surface area contributed by atoms with Gasteiger partial charge in [-0.15, -0.1) is 0 Å². The molecule has 2 amide bonds. The van der Waals surface area contributed by atoms with Gasteiger partial charge in [0.15, 0.2) is 11.5 Å². The van der Waals surface area contributed by atoms with Crippen molar-refractivity contribution in [2.75, 3.05) is 56.2 Å². The van der Waals surface area contributed by atoms with Crippen LogP contribution in [0.25, 0.3) is 0 Å². The lowest BCUT2D eigenvalue weighted by Crippen LogP contribution is -2.48. The van der Waals surface area contributed by atoms with E-state index in [2.05, 4.69) is 10.2 Å². The molecule has 190 valence electrons. The molecule has 2 aromatic carbocycles. The third-order valence-corrected chi connectivity index (χ3v) is 5.96. The summed E-state index contributed by atoms with van der Waals surface area (Å²) >= 11 is 6.58. The van der Waals surface area contributed by atoms with Crippen LogP contribution in [-0.2, 0) is 4.79 Å². The number of hydrogen-bond acceptors (Lipinski definition) is 6. The van der Waals surface area contributed by atoms with Crippen LogP contribution in [0.4, 0.5) is 11.4 Å². The van der Waals surface area contributed by atoms with Crippen LogP contribution >= 0.6 is 11.6 Å². The highest BCUT2D eigenvalue weighted by Gasteiger charge is 2.25. The Balaban J connectivity index is 1.88. The SMILES string of the molecule is CCOc1cc(C(=O)Nc2cccc(Cl)c2N2CCN(C(=O)CC)CC2)cc(OCC)c1OCC. The van der Waals surface area contributed by atoms with Gasteiger partial charge in [0.1, 0.15) is 0 Å².